The number of nitrogens with zero attached hydrogens (tertiary/aromatic N) is 1. The zero-order valence-electron chi connectivity index (χ0n) is 18.0. The Morgan fingerprint density at radius 2 is 0.840 bits per heavy atom. The van der Waals surface area contributed by atoms with Gasteiger partial charge in [-0.1, -0.05) is 96.8 Å². The van der Waals surface area contributed by atoms with E-state index >= 15 is 0 Å². The van der Waals surface area contributed by atoms with Crippen LogP contribution in [0.5, 0.6) is 0 Å². The van der Waals surface area contributed by atoms with Gasteiger partial charge in [0.05, 0.1) is 26.2 Å². The number of quaternary nitrogens is 1. The van der Waals surface area contributed by atoms with Crippen molar-refractivity contribution < 1.29 is 4.48 Å². The summed E-state index contributed by atoms with van der Waals surface area (Å²) in [5, 5.41) is 0. The first-order valence-corrected chi connectivity index (χ1v) is 12.2. The molecule has 0 aromatic rings. The van der Waals surface area contributed by atoms with Crippen molar-refractivity contribution in [1.82, 2.24) is 0 Å². The largest absolute Gasteiger partial charge is 0.324 e. The lowest BCUT2D eigenvalue weighted by atomic mass is 10.0. The average Bonchev–Trinajstić information content (AvgIpc) is 3.11. The second-order valence-corrected chi connectivity index (χ2v) is 8.84. The summed E-state index contributed by atoms with van der Waals surface area (Å²) in [6, 6.07) is 0. The first-order chi connectivity index (χ1) is 12.3. The highest BCUT2D eigenvalue weighted by molar-refractivity contribution is 4.55. The highest BCUT2D eigenvalue weighted by atomic mass is 15.4. The van der Waals surface area contributed by atoms with Gasteiger partial charge in [-0.25, -0.2) is 0 Å². The van der Waals surface area contributed by atoms with Crippen molar-refractivity contribution in [2.45, 2.75) is 129 Å². The molecule has 1 aliphatic heterocycles. The van der Waals surface area contributed by atoms with Crippen LogP contribution in [0.25, 0.3) is 0 Å². The molecule has 0 amide bonds. The summed E-state index contributed by atoms with van der Waals surface area (Å²) in [6.45, 7) is 10.5. The minimum atomic E-state index is 1.37. The van der Waals surface area contributed by atoms with Crippen molar-refractivity contribution in [2.75, 3.05) is 26.2 Å². The maximum absolute atomic E-state index is 2.40. The predicted octanol–water partition coefficient (Wildman–Crippen LogP) is 7.88. The van der Waals surface area contributed by atoms with E-state index in [0.717, 1.165) is 0 Å². The van der Waals surface area contributed by atoms with Crippen molar-refractivity contribution in [3.8, 4) is 0 Å². The molecule has 0 aromatic carbocycles. The van der Waals surface area contributed by atoms with Crippen LogP contribution in [0.15, 0.2) is 0 Å². The van der Waals surface area contributed by atoms with Crippen LogP contribution < -0.4 is 0 Å². The molecule has 0 aromatic heterocycles. The summed E-state index contributed by atoms with van der Waals surface area (Å²) in [6.07, 6.45) is 26.6. The zero-order valence-corrected chi connectivity index (χ0v) is 18.0. The number of hydrogen-bond donors (Lipinski definition) is 0. The normalized spacial score (nSPS) is 16.6. The van der Waals surface area contributed by atoms with E-state index in [1.807, 2.05) is 0 Å². The van der Waals surface area contributed by atoms with Crippen LogP contribution in [0.2, 0.25) is 0 Å². The third-order valence-corrected chi connectivity index (χ3v) is 6.67. The SMILES string of the molecule is CCCCCCCCCCCCCCCCCC[N+]1(CC)CCCC1. The highest BCUT2D eigenvalue weighted by Crippen LogP contribution is 2.21. The van der Waals surface area contributed by atoms with Gasteiger partial charge in [-0.05, 0) is 19.8 Å². The lowest BCUT2D eigenvalue weighted by Gasteiger charge is -2.33. The molecule has 1 heterocycles. The maximum atomic E-state index is 2.40. The van der Waals surface area contributed by atoms with Crippen LogP contribution >= 0.6 is 0 Å². The molecule has 0 aliphatic carbocycles. The van der Waals surface area contributed by atoms with Gasteiger partial charge in [0, 0.05) is 12.8 Å². The first kappa shape index (κ1) is 23.0. The molecule has 1 rings (SSSR count). The molecular weight excluding hydrogens is 302 g/mol. The molecule has 0 bridgehead atoms. The molecule has 1 aliphatic rings. The summed E-state index contributed by atoms with van der Waals surface area (Å²) < 4.78 is 1.44. The van der Waals surface area contributed by atoms with E-state index in [9.17, 15) is 0 Å². The Morgan fingerprint density at radius 3 is 1.20 bits per heavy atom. The topological polar surface area (TPSA) is 0 Å². The Kier molecular flexibility index (Phi) is 14.9. The van der Waals surface area contributed by atoms with E-state index < -0.39 is 0 Å². The molecule has 25 heavy (non-hydrogen) atoms. The van der Waals surface area contributed by atoms with Crippen molar-refractivity contribution >= 4 is 0 Å². The fourth-order valence-electron chi connectivity index (χ4n) is 4.70. The van der Waals surface area contributed by atoms with E-state index in [4.69, 9.17) is 0 Å². The van der Waals surface area contributed by atoms with Gasteiger partial charge in [0.15, 0.2) is 0 Å². The fraction of sp³-hybridized carbons (Fsp3) is 1.00. The average molecular weight is 353 g/mol. The van der Waals surface area contributed by atoms with Gasteiger partial charge in [-0.3, -0.25) is 0 Å². The molecule has 0 N–H and O–H groups in total. The number of unbranched alkanes of at least 4 members (excludes halogenated alkanes) is 15. The van der Waals surface area contributed by atoms with Crippen molar-refractivity contribution in [2.24, 2.45) is 0 Å². The lowest BCUT2D eigenvalue weighted by molar-refractivity contribution is -0.915. The van der Waals surface area contributed by atoms with Crippen molar-refractivity contribution in [3.63, 3.8) is 0 Å². The summed E-state index contributed by atoms with van der Waals surface area (Å²) in [5.74, 6) is 0. The number of hydrogen-bond acceptors (Lipinski definition) is 0. The molecule has 1 saturated heterocycles. The Bertz CT molecular complexity index is 267. The molecule has 0 radical (unpaired) electrons. The molecule has 0 unspecified atom stereocenters. The number of likely N-dealkylation sites (tertiary alicyclic amines) is 1. The monoisotopic (exact) mass is 352 g/mol. The van der Waals surface area contributed by atoms with Crippen LogP contribution in [-0.4, -0.2) is 30.7 Å². The van der Waals surface area contributed by atoms with Crippen molar-refractivity contribution in [3.05, 3.63) is 0 Å². The third-order valence-electron chi connectivity index (χ3n) is 6.67. The Hall–Kier alpha value is -0.0400. The molecule has 1 heteroatoms. The van der Waals surface area contributed by atoms with Gasteiger partial charge in [-0.15, -0.1) is 0 Å². The molecule has 150 valence electrons. The van der Waals surface area contributed by atoms with Crippen LogP contribution in [0, 0.1) is 0 Å². The Morgan fingerprint density at radius 1 is 0.480 bits per heavy atom. The first-order valence-electron chi connectivity index (χ1n) is 12.2. The van der Waals surface area contributed by atoms with Gasteiger partial charge in [0.2, 0.25) is 0 Å². The van der Waals surface area contributed by atoms with E-state index in [2.05, 4.69) is 13.8 Å². The standard InChI is InChI=1S/C24H50N/c1-3-5-6-7-8-9-10-11-12-13-14-15-16-17-18-19-22-25(4-2)23-20-21-24-25/h3-24H2,1-2H3/q+1. The second-order valence-electron chi connectivity index (χ2n) is 8.84. The smallest absolute Gasteiger partial charge is 0.0788 e. The zero-order chi connectivity index (χ0) is 18.1. The van der Waals surface area contributed by atoms with E-state index in [1.54, 1.807) is 0 Å². The van der Waals surface area contributed by atoms with Crippen LogP contribution in [0.4, 0.5) is 0 Å². The van der Waals surface area contributed by atoms with E-state index in [0.29, 0.717) is 0 Å². The van der Waals surface area contributed by atoms with Gasteiger partial charge in [-0.2, -0.15) is 0 Å². The van der Waals surface area contributed by atoms with Crippen LogP contribution in [-0.2, 0) is 0 Å². The van der Waals surface area contributed by atoms with Crippen molar-refractivity contribution in [1.29, 1.82) is 0 Å². The van der Waals surface area contributed by atoms with Crippen LogP contribution in [0.3, 0.4) is 0 Å². The molecule has 1 fully saturated rings. The van der Waals surface area contributed by atoms with E-state index in [-0.39, 0.29) is 0 Å². The minimum absolute atomic E-state index is 1.37. The molecule has 0 spiro atoms. The predicted molar refractivity (Wildman–Crippen MR) is 114 cm³/mol. The van der Waals surface area contributed by atoms with E-state index in [1.165, 1.54) is 146 Å². The fourth-order valence-corrected chi connectivity index (χ4v) is 4.70. The Labute approximate surface area is 160 Å². The van der Waals surface area contributed by atoms with Gasteiger partial charge in [0.25, 0.3) is 0 Å². The highest BCUT2D eigenvalue weighted by Gasteiger charge is 2.28. The maximum Gasteiger partial charge on any atom is 0.0788 e. The molecule has 0 atom stereocenters. The summed E-state index contributed by atoms with van der Waals surface area (Å²) in [7, 11) is 0. The summed E-state index contributed by atoms with van der Waals surface area (Å²) in [4.78, 5) is 0. The molecular formula is C24H50N+. The molecule has 0 saturated carbocycles. The van der Waals surface area contributed by atoms with Gasteiger partial charge >= 0.3 is 0 Å². The Balaban J connectivity index is 1.73. The summed E-state index contributed by atoms with van der Waals surface area (Å²) in [5.41, 5.74) is 0. The minimum Gasteiger partial charge on any atom is -0.324 e. The quantitative estimate of drug-likeness (QED) is 0.174. The second kappa shape index (κ2) is 16.2. The van der Waals surface area contributed by atoms with Gasteiger partial charge < -0.3 is 4.48 Å². The summed E-state index contributed by atoms with van der Waals surface area (Å²) >= 11 is 0. The van der Waals surface area contributed by atoms with Gasteiger partial charge in [0.1, 0.15) is 0 Å². The molecule has 1 nitrogen and oxygen atoms in total. The third kappa shape index (κ3) is 12.1. The van der Waals surface area contributed by atoms with Crippen LogP contribution in [0.1, 0.15) is 129 Å². The number of rotatable bonds is 18. The lowest BCUT2D eigenvalue weighted by Crippen LogP contribution is -2.45.